The first-order valence-electron chi connectivity index (χ1n) is 6.70. The Morgan fingerprint density at radius 1 is 1.14 bits per heavy atom. The number of aryl methyl sites for hydroxylation is 3. The van der Waals surface area contributed by atoms with Gasteiger partial charge in [-0.15, -0.1) is 0 Å². The second-order valence-electron chi connectivity index (χ2n) is 5.10. The van der Waals surface area contributed by atoms with Gasteiger partial charge in [-0.3, -0.25) is 20.1 Å². The molecule has 0 aliphatic heterocycles. The zero-order chi connectivity index (χ0) is 15.6. The minimum Gasteiger partial charge on any atom is -0.377 e. The minimum absolute atomic E-state index is 0.0294. The average Bonchev–Trinajstić information content (AvgIpc) is 2.42. The van der Waals surface area contributed by atoms with Gasteiger partial charge in [-0.1, -0.05) is 0 Å². The van der Waals surface area contributed by atoms with Crippen molar-refractivity contribution in [2.24, 2.45) is 0 Å². The summed E-state index contributed by atoms with van der Waals surface area (Å²) in [7, 11) is 0. The number of hydrogen-bond acceptors (Lipinski definition) is 5. The molecule has 2 aromatic rings. The molecule has 0 fully saturated rings. The molecule has 6 heteroatoms. The van der Waals surface area contributed by atoms with E-state index >= 15 is 0 Å². The van der Waals surface area contributed by atoms with Gasteiger partial charge in [0, 0.05) is 29.7 Å². The highest BCUT2D eigenvalue weighted by Gasteiger charge is 2.16. The monoisotopic (exact) mass is 286 g/mol. The van der Waals surface area contributed by atoms with Gasteiger partial charge in [-0.25, -0.2) is 0 Å². The molecule has 0 saturated carbocycles. The van der Waals surface area contributed by atoms with E-state index in [1.165, 1.54) is 0 Å². The third-order valence-electron chi connectivity index (χ3n) is 3.44. The first-order valence-corrected chi connectivity index (χ1v) is 6.70. The molecule has 1 atom stereocenters. The predicted octanol–water partition coefficient (Wildman–Crippen LogP) is 3.48. The molecule has 1 unspecified atom stereocenters. The smallest absolute Gasteiger partial charge is 0.272 e. The van der Waals surface area contributed by atoms with E-state index in [9.17, 15) is 10.1 Å². The summed E-state index contributed by atoms with van der Waals surface area (Å²) in [5.41, 5.74) is 4.22. The largest absolute Gasteiger partial charge is 0.377 e. The number of rotatable bonds is 4. The maximum atomic E-state index is 10.9. The second-order valence-corrected chi connectivity index (χ2v) is 5.10. The lowest BCUT2D eigenvalue weighted by Crippen LogP contribution is -2.12. The molecule has 1 N–H and O–H groups in total. The lowest BCUT2D eigenvalue weighted by atomic mass is 10.1. The van der Waals surface area contributed by atoms with E-state index in [2.05, 4.69) is 15.3 Å². The fourth-order valence-corrected chi connectivity index (χ4v) is 2.30. The van der Waals surface area contributed by atoms with Crippen molar-refractivity contribution in [3.05, 3.63) is 57.2 Å². The number of benzene rings is 1. The van der Waals surface area contributed by atoms with E-state index < -0.39 is 0 Å². The van der Waals surface area contributed by atoms with E-state index in [4.69, 9.17) is 0 Å². The minimum atomic E-state index is -0.359. The van der Waals surface area contributed by atoms with E-state index in [0.717, 1.165) is 22.6 Å². The summed E-state index contributed by atoms with van der Waals surface area (Å²) in [6.07, 6.45) is 3.32. The SMILES string of the molecule is Cc1cc([N+](=O)[O-])c(C)cc1NC(C)c1nccnc1C. The molecule has 2 rings (SSSR count). The van der Waals surface area contributed by atoms with Crippen molar-refractivity contribution in [1.82, 2.24) is 9.97 Å². The Labute approximate surface area is 123 Å². The maximum Gasteiger partial charge on any atom is 0.272 e. The lowest BCUT2D eigenvalue weighted by Gasteiger charge is -2.18. The van der Waals surface area contributed by atoms with Crippen LogP contribution in [-0.4, -0.2) is 14.9 Å². The first kappa shape index (κ1) is 14.9. The van der Waals surface area contributed by atoms with Crippen molar-refractivity contribution in [1.29, 1.82) is 0 Å². The normalized spacial score (nSPS) is 12.0. The van der Waals surface area contributed by atoms with Crippen LogP contribution in [0.1, 0.15) is 35.5 Å². The number of nitro groups is 1. The summed E-state index contributed by atoms with van der Waals surface area (Å²) < 4.78 is 0. The highest BCUT2D eigenvalue weighted by atomic mass is 16.6. The standard InChI is InChI=1S/C15H18N4O2/c1-9-8-14(19(20)21)10(2)7-13(9)18-12(4)15-11(3)16-5-6-17-15/h5-8,12,18H,1-4H3. The van der Waals surface area contributed by atoms with Crippen LogP contribution in [0.15, 0.2) is 24.5 Å². The summed E-state index contributed by atoms with van der Waals surface area (Å²) in [6.45, 7) is 7.49. The third-order valence-corrected chi connectivity index (χ3v) is 3.44. The maximum absolute atomic E-state index is 10.9. The van der Waals surface area contributed by atoms with Crippen LogP contribution in [0.25, 0.3) is 0 Å². The van der Waals surface area contributed by atoms with E-state index in [1.54, 1.807) is 31.5 Å². The summed E-state index contributed by atoms with van der Waals surface area (Å²) >= 11 is 0. The van der Waals surface area contributed by atoms with Gasteiger partial charge in [0.05, 0.1) is 22.4 Å². The van der Waals surface area contributed by atoms with Crippen LogP contribution in [0.2, 0.25) is 0 Å². The molecule has 1 aromatic carbocycles. The van der Waals surface area contributed by atoms with Gasteiger partial charge >= 0.3 is 0 Å². The fraction of sp³-hybridized carbons (Fsp3) is 0.333. The lowest BCUT2D eigenvalue weighted by molar-refractivity contribution is -0.385. The van der Waals surface area contributed by atoms with Crippen LogP contribution >= 0.6 is 0 Å². The van der Waals surface area contributed by atoms with Crippen LogP contribution in [0.4, 0.5) is 11.4 Å². The number of nitro benzene ring substituents is 1. The number of anilines is 1. The average molecular weight is 286 g/mol. The van der Waals surface area contributed by atoms with Crippen LogP contribution < -0.4 is 5.32 Å². The van der Waals surface area contributed by atoms with Gasteiger partial charge in [-0.2, -0.15) is 0 Å². The molecule has 21 heavy (non-hydrogen) atoms. The molecular weight excluding hydrogens is 268 g/mol. The molecule has 0 saturated heterocycles. The Kier molecular flexibility index (Phi) is 4.16. The fourth-order valence-electron chi connectivity index (χ4n) is 2.30. The van der Waals surface area contributed by atoms with E-state index in [-0.39, 0.29) is 16.7 Å². The predicted molar refractivity (Wildman–Crippen MR) is 81.4 cm³/mol. The number of hydrogen-bond donors (Lipinski definition) is 1. The van der Waals surface area contributed by atoms with E-state index in [0.29, 0.717) is 5.56 Å². The number of aromatic nitrogens is 2. The van der Waals surface area contributed by atoms with E-state index in [1.807, 2.05) is 20.8 Å². The zero-order valence-corrected chi connectivity index (χ0v) is 12.5. The van der Waals surface area contributed by atoms with Crippen LogP contribution in [0.3, 0.4) is 0 Å². The number of nitrogens with one attached hydrogen (secondary N) is 1. The number of nitrogens with zero attached hydrogens (tertiary/aromatic N) is 3. The topological polar surface area (TPSA) is 81.0 Å². The van der Waals surface area contributed by atoms with Crippen molar-refractivity contribution < 1.29 is 4.92 Å². The highest BCUT2D eigenvalue weighted by Crippen LogP contribution is 2.28. The molecule has 0 spiro atoms. The van der Waals surface area contributed by atoms with Gasteiger partial charge in [0.1, 0.15) is 0 Å². The highest BCUT2D eigenvalue weighted by molar-refractivity contribution is 5.60. The van der Waals surface area contributed by atoms with Gasteiger partial charge in [-0.05, 0) is 39.3 Å². The van der Waals surface area contributed by atoms with Crippen molar-refractivity contribution >= 4 is 11.4 Å². The molecule has 0 aliphatic carbocycles. The Morgan fingerprint density at radius 2 is 1.81 bits per heavy atom. The van der Waals surface area contributed by atoms with Crippen molar-refractivity contribution in [3.8, 4) is 0 Å². The molecule has 6 nitrogen and oxygen atoms in total. The molecule has 1 heterocycles. The van der Waals surface area contributed by atoms with Gasteiger partial charge in [0.25, 0.3) is 5.69 Å². The van der Waals surface area contributed by atoms with Crippen molar-refractivity contribution in [2.45, 2.75) is 33.7 Å². The summed E-state index contributed by atoms with van der Waals surface area (Å²) in [6, 6.07) is 3.36. The summed E-state index contributed by atoms with van der Waals surface area (Å²) in [5.74, 6) is 0. The van der Waals surface area contributed by atoms with Crippen LogP contribution in [-0.2, 0) is 0 Å². The van der Waals surface area contributed by atoms with Crippen molar-refractivity contribution in [2.75, 3.05) is 5.32 Å². The molecule has 0 bridgehead atoms. The van der Waals surface area contributed by atoms with Gasteiger partial charge < -0.3 is 5.32 Å². The van der Waals surface area contributed by atoms with Crippen molar-refractivity contribution in [3.63, 3.8) is 0 Å². The Bertz CT molecular complexity index is 685. The molecule has 110 valence electrons. The molecule has 1 aromatic heterocycles. The Morgan fingerprint density at radius 3 is 2.43 bits per heavy atom. The zero-order valence-electron chi connectivity index (χ0n) is 12.5. The first-order chi connectivity index (χ1) is 9.90. The summed E-state index contributed by atoms with van der Waals surface area (Å²) in [5, 5.41) is 14.3. The molecule has 0 radical (unpaired) electrons. The van der Waals surface area contributed by atoms with Gasteiger partial charge in [0.15, 0.2) is 0 Å². The van der Waals surface area contributed by atoms with Gasteiger partial charge in [0.2, 0.25) is 0 Å². The van der Waals surface area contributed by atoms with Crippen LogP contribution in [0, 0.1) is 30.9 Å². The molecular formula is C15H18N4O2. The molecule has 0 amide bonds. The Balaban J connectivity index is 2.30. The van der Waals surface area contributed by atoms with Crippen LogP contribution in [0.5, 0.6) is 0 Å². The molecule has 0 aliphatic rings. The second kappa shape index (κ2) is 5.87. The third kappa shape index (κ3) is 3.16. The Hall–Kier alpha value is -2.50. The quantitative estimate of drug-likeness (QED) is 0.687. The summed E-state index contributed by atoms with van der Waals surface area (Å²) in [4.78, 5) is 19.1.